The van der Waals surface area contributed by atoms with Crippen LogP contribution in [0.5, 0.6) is 0 Å². The maximum Gasteiger partial charge on any atom is 0.410 e. The van der Waals surface area contributed by atoms with Crippen molar-refractivity contribution in [2.75, 3.05) is 6.54 Å². The summed E-state index contributed by atoms with van der Waals surface area (Å²) in [5.41, 5.74) is 2.22. The Hall–Kier alpha value is -2.37. The van der Waals surface area contributed by atoms with Crippen LogP contribution in [-0.4, -0.2) is 38.3 Å². The maximum absolute atomic E-state index is 12.5. The van der Waals surface area contributed by atoms with Crippen molar-refractivity contribution in [2.45, 2.75) is 45.3 Å². The van der Waals surface area contributed by atoms with E-state index >= 15 is 0 Å². The number of pyridine rings is 1. The number of carbonyl (C=O) groups is 1. The minimum atomic E-state index is -0.498. The normalized spacial score (nSPS) is 18.2. The molecule has 0 radical (unpaired) electrons. The number of likely N-dealkylation sites (tertiary alicyclic amines) is 1. The molecule has 0 bridgehead atoms. The zero-order valence-electron chi connectivity index (χ0n) is 13.7. The van der Waals surface area contributed by atoms with Crippen molar-refractivity contribution in [3.63, 3.8) is 0 Å². The predicted octanol–water partition coefficient (Wildman–Crippen LogP) is 3.54. The molecule has 122 valence electrons. The summed E-state index contributed by atoms with van der Waals surface area (Å²) >= 11 is 0. The van der Waals surface area contributed by atoms with E-state index in [1.807, 2.05) is 39.0 Å². The van der Waals surface area contributed by atoms with Crippen LogP contribution in [0.2, 0.25) is 0 Å². The van der Waals surface area contributed by atoms with Gasteiger partial charge in [-0.1, -0.05) is 6.07 Å². The first-order chi connectivity index (χ1) is 11.0. The smallest absolute Gasteiger partial charge is 0.410 e. The third kappa shape index (κ3) is 3.36. The fourth-order valence-corrected chi connectivity index (χ4v) is 2.88. The number of aromatic amines is 1. The molecule has 1 N–H and O–H groups in total. The van der Waals surface area contributed by atoms with Crippen molar-refractivity contribution in [1.82, 2.24) is 20.1 Å². The van der Waals surface area contributed by atoms with Crippen molar-refractivity contribution in [3.8, 4) is 11.3 Å². The van der Waals surface area contributed by atoms with Crippen LogP contribution in [0.4, 0.5) is 4.79 Å². The van der Waals surface area contributed by atoms with Crippen LogP contribution >= 0.6 is 0 Å². The highest BCUT2D eigenvalue weighted by Crippen LogP contribution is 2.36. The summed E-state index contributed by atoms with van der Waals surface area (Å²) in [6.45, 7) is 6.34. The summed E-state index contributed by atoms with van der Waals surface area (Å²) in [6.07, 6.45) is 5.09. The molecule has 2 aromatic heterocycles. The number of H-pyrrole nitrogens is 1. The lowest BCUT2D eigenvalue weighted by molar-refractivity contribution is 0.0222. The first kappa shape index (κ1) is 15.5. The van der Waals surface area contributed by atoms with Crippen LogP contribution in [0, 0.1) is 0 Å². The largest absolute Gasteiger partial charge is 0.444 e. The van der Waals surface area contributed by atoms with Gasteiger partial charge in [-0.25, -0.2) is 4.79 Å². The summed E-state index contributed by atoms with van der Waals surface area (Å²) in [7, 11) is 0. The first-order valence-corrected chi connectivity index (χ1v) is 7.90. The molecule has 1 atom stereocenters. The van der Waals surface area contributed by atoms with Gasteiger partial charge in [0.15, 0.2) is 0 Å². The fourth-order valence-electron chi connectivity index (χ4n) is 2.88. The molecule has 1 aliphatic heterocycles. The van der Waals surface area contributed by atoms with Crippen LogP contribution < -0.4 is 0 Å². The maximum atomic E-state index is 12.5. The topological polar surface area (TPSA) is 71.1 Å². The van der Waals surface area contributed by atoms with E-state index in [9.17, 15) is 4.79 Å². The number of carbonyl (C=O) groups excluding carboxylic acids is 1. The van der Waals surface area contributed by atoms with Gasteiger partial charge < -0.3 is 4.74 Å². The van der Waals surface area contributed by atoms with Crippen molar-refractivity contribution in [3.05, 3.63) is 36.3 Å². The monoisotopic (exact) mass is 314 g/mol. The zero-order valence-corrected chi connectivity index (χ0v) is 13.7. The highest BCUT2D eigenvalue weighted by atomic mass is 16.6. The van der Waals surface area contributed by atoms with E-state index in [2.05, 4.69) is 15.2 Å². The molecule has 2 aromatic rings. The van der Waals surface area contributed by atoms with Crippen LogP contribution in [0.3, 0.4) is 0 Å². The molecule has 0 aliphatic carbocycles. The zero-order chi connectivity index (χ0) is 16.4. The van der Waals surface area contributed by atoms with Gasteiger partial charge in [-0.15, -0.1) is 0 Å². The van der Waals surface area contributed by atoms with Gasteiger partial charge in [0.1, 0.15) is 5.60 Å². The summed E-state index contributed by atoms with van der Waals surface area (Å²) in [4.78, 5) is 18.6. The molecule has 6 heteroatoms. The summed E-state index contributed by atoms with van der Waals surface area (Å²) in [5.74, 6) is 0. The van der Waals surface area contributed by atoms with E-state index in [0.717, 1.165) is 29.8 Å². The molecule has 23 heavy (non-hydrogen) atoms. The van der Waals surface area contributed by atoms with Crippen LogP contribution in [0.25, 0.3) is 11.3 Å². The Bertz CT molecular complexity index is 675. The minimum absolute atomic E-state index is 0.0515. The second-order valence-electron chi connectivity index (χ2n) is 6.74. The number of hydrogen-bond acceptors (Lipinski definition) is 4. The Morgan fingerprint density at radius 2 is 2.22 bits per heavy atom. The lowest BCUT2D eigenvalue weighted by atomic mass is 10.0. The summed E-state index contributed by atoms with van der Waals surface area (Å²) < 4.78 is 5.53. The molecule has 3 rings (SSSR count). The van der Waals surface area contributed by atoms with Crippen molar-refractivity contribution < 1.29 is 9.53 Å². The second-order valence-corrected chi connectivity index (χ2v) is 6.74. The van der Waals surface area contributed by atoms with Gasteiger partial charge in [0.2, 0.25) is 0 Å². The van der Waals surface area contributed by atoms with E-state index in [1.165, 1.54) is 0 Å². The van der Waals surface area contributed by atoms with Gasteiger partial charge in [0, 0.05) is 18.3 Å². The third-order valence-electron chi connectivity index (χ3n) is 3.82. The number of nitrogens with zero attached hydrogens (tertiary/aromatic N) is 3. The summed E-state index contributed by atoms with van der Waals surface area (Å²) in [5, 5.41) is 7.22. The number of amides is 1. The average Bonchev–Trinajstić information content (AvgIpc) is 3.15. The van der Waals surface area contributed by atoms with Gasteiger partial charge in [-0.2, -0.15) is 5.10 Å². The van der Waals surface area contributed by atoms with Crippen molar-refractivity contribution in [2.24, 2.45) is 0 Å². The van der Waals surface area contributed by atoms with Crippen molar-refractivity contribution >= 4 is 6.09 Å². The number of hydrogen-bond donors (Lipinski definition) is 1. The van der Waals surface area contributed by atoms with Crippen molar-refractivity contribution in [1.29, 1.82) is 0 Å². The molecule has 1 amide bonds. The highest BCUT2D eigenvalue weighted by molar-refractivity contribution is 5.70. The Labute approximate surface area is 135 Å². The predicted molar refractivity (Wildman–Crippen MR) is 86.7 cm³/mol. The highest BCUT2D eigenvalue weighted by Gasteiger charge is 2.35. The Morgan fingerprint density at radius 1 is 1.39 bits per heavy atom. The standard InChI is InChI=1S/C17H22N4O2/c1-17(2,3)23-16(22)21-10-6-8-14(21)15-12(11-19-20-15)13-7-4-5-9-18-13/h4-5,7,9,11,14H,6,8,10H2,1-3H3,(H,19,20). The van der Waals surface area contributed by atoms with Gasteiger partial charge in [0.25, 0.3) is 0 Å². The Kier molecular flexibility index (Phi) is 4.07. The molecule has 1 saturated heterocycles. The van der Waals surface area contributed by atoms with E-state index < -0.39 is 5.60 Å². The molecule has 3 heterocycles. The Morgan fingerprint density at radius 3 is 2.91 bits per heavy atom. The number of nitrogens with one attached hydrogen (secondary N) is 1. The second kappa shape index (κ2) is 6.02. The first-order valence-electron chi connectivity index (χ1n) is 7.90. The average molecular weight is 314 g/mol. The Balaban J connectivity index is 1.87. The number of aromatic nitrogens is 3. The van der Waals surface area contributed by atoms with Gasteiger partial charge in [0.05, 0.1) is 23.6 Å². The van der Waals surface area contributed by atoms with Gasteiger partial charge in [-0.05, 0) is 45.7 Å². The molecular formula is C17H22N4O2. The van der Waals surface area contributed by atoms with Gasteiger partial charge >= 0.3 is 6.09 Å². The fraction of sp³-hybridized carbons (Fsp3) is 0.471. The van der Waals surface area contributed by atoms with Crippen LogP contribution in [-0.2, 0) is 4.74 Å². The molecular weight excluding hydrogens is 292 g/mol. The van der Waals surface area contributed by atoms with E-state index in [-0.39, 0.29) is 12.1 Å². The minimum Gasteiger partial charge on any atom is -0.444 e. The lowest BCUT2D eigenvalue weighted by Crippen LogP contribution is -2.36. The third-order valence-corrected chi connectivity index (χ3v) is 3.82. The van der Waals surface area contributed by atoms with E-state index in [4.69, 9.17) is 4.74 Å². The molecule has 1 fully saturated rings. The van der Waals surface area contributed by atoms with Gasteiger partial charge in [-0.3, -0.25) is 15.0 Å². The molecule has 1 aliphatic rings. The van der Waals surface area contributed by atoms with Crippen LogP contribution in [0.15, 0.2) is 30.6 Å². The molecule has 1 unspecified atom stereocenters. The number of rotatable bonds is 2. The van der Waals surface area contributed by atoms with E-state index in [1.54, 1.807) is 17.3 Å². The molecule has 0 spiro atoms. The number of ether oxygens (including phenoxy) is 1. The molecule has 6 nitrogen and oxygen atoms in total. The van der Waals surface area contributed by atoms with E-state index in [0.29, 0.717) is 6.54 Å². The SMILES string of the molecule is CC(C)(C)OC(=O)N1CCCC1c1[nH]ncc1-c1ccccn1. The summed E-state index contributed by atoms with van der Waals surface area (Å²) in [6, 6.07) is 5.72. The lowest BCUT2D eigenvalue weighted by Gasteiger charge is -2.28. The molecule has 0 saturated carbocycles. The molecule has 0 aromatic carbocycles. The van der Waals surface area contributed by atoms with Crippen LogP contribution in [0.1, 0.15) is 45.3 Å². The quantitative estimate of drug-likeness (QED) is 0.920.